The maximum absolute atomic E-state index is 13.1. The van der Waals surface area contributed by atoms with E-state index in [1.54, 1.807) is 0 Å². The smallest absolute Gasteiger partial charge is 0.550 e. The number of nitrogens with zero attached hydrogens (tertiary/aromatic N) is 2. The van der Waals surface area contributed by atoms with Crippen LogP contribution in [0.4, 0.5) is 26.3 Å². The summed E-state index contributed by atoms with van der Waals surface area (Å²) in [6.45, 7) is 4.69. The van der Waals surface area contributed by atoms with E-state index in [1.807, 2.05) is 0 Å². The van der Waals surface area contributed by atoms with Gasteiger partial charge in [0.1, 0.15) is 11.5 Å². The number of rotatable bonds is 4. The third-order valence-electron chi connectivity index (χ3n) is 5.78. The summed E-state index contributed by atoms with van der Waals surface area (Å²) in [6, 6.07) is 2.85. The van der Waals surface area contributed by atoms with Gasteiger partial charge in [0.05, 0.1) is 23.2 Å². The summed E-state index contributed by atoms with van der Waals surface area (Å²) < 4.78 is 78.4. The molecule has 2 aromatic rings. The molecular formula is C28H30CoF6N2O6. The van der Waals surface area contributed by atoms with E-state index in [-0.39, 0.29) is 62.6 Å². The molecule has 0 bridgehead atoms. The molecule has 3 rings (SSSR count). The van der Waals surface area contributed by atoms with Gasteiger partial charge in [0.2, 0.25) is 0 Å². The molecule has 1 aliphatic carbocycles. The number of phenols is 2. The summed E-state index contributed by atoms with van der Waals surface area (Å²) in [6.07, 6.45) is -4.20. The van der Waals surface area contributed by atoms with Crippen LogP contribution in [0.2, 0.25) is 0 Å². The van der Waals surface area contributed by atoms with Gasteiger partial charge < -0.3 is 30.0 Å². The number of aryl methyl sites for hydroxylation is 2. The Morgan fingerprint density at radius 2 is 1.07 bits per heavy atom. The summed E-state index contributed by atoms with van der Waals surface area (Å²) in [7, 11) is 0. The number of aliphatic imine (C=N–C) groups is 2. The fourth-order valence-corrected chi connectivity index (χ4v) is 3.92. The Balaban J connectivity index is 0.00000174. The Morgan fingerprint density at radius 3 is 1.35 bits per heavy atom. The van der Waals surface area contributed by atoms with Gasteiger partial charge in [-0.25, -0.2) is 0 Å². The molecule has 0 spiro atoms. The summed E-state index contributed by atoms with van der Waals surface area (Å²) in [4.78, 5) is 26.5. The molecule has 0 aliphatic heterocycles. The SMILES string of the molecule is CC(=O)[O-].CC(=O)[O-].Cc1cc(C(F)(F)F)cc(C=NC2CCCC(N=Cc3cc(C(F)(F)F)cc(C)c3O)C2)c1O.[Co+2]. The van der Waals surface area contributed by atoms with E-state index < -0.39 is 35.4 Å². The molecule has 0 saturated heterocycles. The van der Waals surface area contributed by atoms with Crippen LogP contribution in [-0.2, 0) is 38.7 Å². The Bertz CT molecular complexity index is 1210. The van der Waals surface area contributed by atoms with Crippen molar-refractivity contribution in [1.82, 2.24) is 0 Å². The van der Waals surface area contributed by atoms with Crippen molar-refractivity contribution >= 4 is 24.4 Å². The van der Waals surface area contributed by atoms with Crippen LogP contribution >= 0.6 is 0 Å². The van der Waals surface area contributed by atoms with Crippen LogP contribution in [0.5, 0.6) is 11.5 Å². The average molecular weight is 663 g/mol. The van der Waals surface area contributed by atoms with Crippen LogP contribution in [0, 0.1) is 13.8 Å². The molecular weight excluding hydrogens is 633 g/mol. The molecule has 1 radical (unpaired) electrons. The molecule has 2 unspecified atom stereocenters. The Labute approximate surface area is 254 Å². The van der Waals surface area contributed by atoms with Gasteiger partial charge in [0.25, 0.3) is 0 Å². The number of carboxylic acids is 2. The van der Waals surface area contributed by atoms with Gasteiger partial charge in [-0.3, -0.25) is 9.98 Å². The number of carboxylic acid groups (broad SMARTS) is 2. The topological polar surface area (TPSA) is 145 Å². The van der Waals surface area contributed by atoms with Gasteiger partial charge in [0.15, 0.2) is 0 Å². The summed E-state index contributed by atoms with van der Waals surface area (Å²) >= 11 is 0. The monoisotopic (exact) mass is 663 g/mol. The molecule has 1 fully saturated rings. The molecule has 2 aromatic carbocycles. The minimum absolute atomic E-state index is 0. The molecule has 239 valence electrons. The minimum atomic E-state index is -4.56. The van der Waals surface area contributed by atoms with Gasteiger partial charge in [-0.1, -0.05) is 0 Å². The van der Waals surface area contributed by atoms with Gasteiger partial charge in [0, 0.05) is 35.5 Å². The van der Waals surface area contributed by atoms with E-state index in [1.165, 1.54) is 26.3 Å². The van der Waals surface area contributed by atoms with Crippen molar-refractivity contribution < 1.29 is 73.1 Å². The molecule has 0 heterocycles. The van der Waals surface area contributed by atoms with Crippen LogP contribution < -0.4 is 10.2 Å². The number of carbonyl (C=O) groups excluding carboxylic acids is 2. The molecule has 15 heteroatoms. The Kier molecular flexibility index (Phi) is 15.5. The molecule has 8 nitrogen and oxygen atoms in total. The van der Waals surface area contributed by atoms with Crippen molar-refractivity contribution in [3.05, 3.63) is 57.6 Å². The van der Waals surface area contributed by atoms with Crippen LogP contribution in [0.25, 0.3) is 0 Å². The van der Waals surface area contributed by atoms with Crippen molar-refractivity contribution in [2.24, 2.45) is 9.98 Å². The predicted molar refractivity (Wildman–Crippen MR) is 138 cm³/mol. The van der Waals surface area contributed by atoms with Gasteiger partial charge in [-0.15, -0.1) is 0 Å². The second-order valence-corrected chi connectivity index (χ2v) is 9.47. The van der Waals surface area contributed by atoms with Gasteiger partial charge >= 0.3 is 29.1 Å². The quantitative estimate of drug-likeness (QED) is 0.372. The maximum Gasteiger partial charge on any atom is 2.00 e. The number of benzene rings is 2. The van der Waals surface area contributed by atoms with Crippen LogP contribution in [0.1, 0.15) is 72.9 Å². The van der Waals surface area contributed by atoms with Crippen molar-refractivity contribution in [3.63, 3.8) is 0 Å². The zero-order valence-corrected chi connectivity index (χ0v) is 24.5. The van der Waals surface area contributed by atoms with Crippen LogP contribution in [-0.4, -0.2) is 46.7 Å². The first-order valence-electron chi connectivity index (χ1n) is 12.5. The number of halogens is 6. The Morgan fingerprint density at radius 1 is 0.767 bits per heavy atom. The second kappa shape index (κ2) is 16.9. The van der Waals surface area contributed by atoms with Gasteiger partial charge in [-0.05, 0) is 88.8 Å². The largest absolute Gasteiger partial charge is 2.00 e. The number of hydrogen-bond acceptors (Lipinski definition) is 8. The number of hydrogen-bond donors (Lipinski definition) is 2. The van der Waals surface area contributed by atoms with Crippen molar-refractivity contribution in [1.29, 1.82) is 0 Å². The third kappa shape index (κ3) is 14.0. The predicted octanol–water partition coefficient (Wildman–Crippen LogP) is 4.11. The number of alkyl halides is 6. The van der Waals surface area contributed by atoms with E-state index in [9.17, 15) is 36.6 Å². The van der Waals surface area contributed by atoms with Crippen molar-refractivity contribution in [2.45, 2.75) is 77.8 Å². The molecule has 1 aliphatic rings. The van der Waals surface area contributed by atoms with Crippen molar-refractivity contribution in [3.8, 4) is 11.5 Å². The normalized spacial score (nSPS) is 16.9. The number of aliphatic carboxylic acids is 2. The zero-order valence-electron chi connectivity index (χ0n) is 23.5. The van der Waals surface area contributed by atoms with E-state index >= 15 is 0 Å². The first-order chi connectivity index (χ1) is 19.2. The fourth-order valence-electron chi connectivity index (χ4n) is 3.92. The average Bonchev–Trinajstić information content (AvgIpc) is 2.84. The summed E-state index contributed by atoms with van der Waals surface area (Å²) in [5.41, 5.74) is -1.68. The Hall–Kier alpha value is -3.59. The van der Waals surface area contributed by atoms with E-state index in [2.05, 4.69) is 9.98 Å². The molecule has 0 amide bonds. The third-order valence-corrected chi connectivity index (χ3v) is 5.78. The number of aromatic hydroxyl groups is 2. The van der Waals surface area contributed by atoms with E-state index in [0.717, 1.165) is 38.1 Å². The molecule has 0 aromatic heterocycles. The molecule has 2 atom stereocenters. The van der Waals surface area contributed by atoms with E-state index in [0.29, 0.717) is 25.7 Å². The van der Waals surface area contributed by atoms with Crippen LogP contribution in [0.3, 0.4) is 0 Å². The molecule has 43 heavy (non-hydrogen) atoms. The summed E-state index contributed by atoms with van der Waals surface area (Å²) in [5.74, 6) is -2.73. The number of phenolic OH excluding ortho intramolecular Hbond substituents is 2. The van der Waals surface area contributed by atoms with Crippen molar-refractivity contribution in [2.75, 3.05) is 0 Å². The maximum atomic E-state index is 13.1. The molecule has 2 N–H and O–H groups in total. The standard InChI is InChI=1S/C24H24F6N2O2.2C2H4O2.Co/c1-13-6-17(23(25,26)27)8-15(21(13)33)11-31-19-4-3-5-20(10-19)32-12-16-9-18(24(28,29)30)7-14(2)22(16)34;2*1-2(3)4;/h6-9,11-12,19-20,33-34H,3-5,10H2,1-2H3;2*1H3,(H,3,4);/q;;;+2/p-2. The van der Waals surface area contributed by atoms with Gasteiger partial charge in [-0.2, -0.15) is 26.3 Å². The minimum Gasteiger partial charge on any atom is -0.550 e. The molecule has 1 saturated carbocycles. The first-order valence-corrected chi connectivity index (χ1v) is 12.5. The van der Waals surface area contributed by atoms with E-state index in [4.69, 9.17) is 19.8 Å². The van der Waals surface area contributed by atoms with Crippen LogP contribution in [0.15, 0.2) is 34.3 Å². The summed E-state index contributed by atoms with van der Waals surface area (Å²) in [5, 5.41) is 38.0. The first kappa shape index (κ1) is 39.4. The zero-order chi connectivity index (χ0) is 32.4. The fraction of sp³-hybridized carbons (Fsp3) is 0.429. The number of carbonyl (C=O) groups is 2. The second-order valence-electron chi connectivity index (χ2n) is 9.47.